The lowest BCUT2D eigenvalue weighted by Gasteiger charge is -2.04. The van der Waals surface area contributed by atoms with Crippen molar-refractivity contribution in [3.05, 3.63) is 41.9 Å². The van der Waals surface area contributed by atoms with Crippen molar-refractivity contribution in [1.29, 1.82) is 0 Å². The normalized spacial score (nSPS) is 11.1. The molecule has 0 bridgehead atoms. The molecule has 25 heavy (non-hydrogen) atoms. The van der Waals surface area contributed by atoms with Crippen molar-refractivity contribution in [2.45, 2.75) is 20.3 Å². The molecule has 0 saturated heterocycles. The highest BCUT2D eigenvalue weighted by atomic mass is 16.5. The first-order chi connectivity index (χ1) is 12.0. The summed E-state index contributed by atoms with van der Waals surface area (Å²) in [5.41, 5.74) is 3.43. The minimum Gasteiger partial charge on any atom is -0.481 e. The molecule has 0 unspecified atom stereocenters. The Labute approximate surface area is 145 Å². The van der Waals surface area contributed by atoms with Crippen LogP contribution in [0.2, 0.25) is 0 Å². The Hall–Kier alpha value is -2.96. The van der Waals surface area contributed by atoms with Gasteiger partial charge in [-0.1, -0.05) is 13.8 Å². The first-order valence-electron chi connectivity index (χ1n) is 8.01. The molecule has 0 fully saturated rings. The van der Waals surface area contributed by atoms with Crippen LogP contribution < -0.4 is 4.74 Å². The summed E-state index contributed by atoms with van der Waals surface area (Å²) >= 11 is 0. The predicted octanol–water partition coefficient (Wildman–Crippen LogP) is 2.81. The Balaban J connectivity index is 2.16. The molecule has 0 radical (unpaired) electrons. The van der Waals surface area contributed by atoms with Gasteiger partial charge in [0.2, 0.25) is 5.88 Å². The number of hydrogen-bond donors (Lipinski definition) is 0. The minimum absolute atomic E-state index is 0.271. The molecular formula is C18H20N4O3. The van der Waals surface area contributed by atoms with Gasteiger partial charge < -0.3 is 9.47 Å². The van der Waals surface area contributed by atoms with Gasteiger partial charge in [0.05, 0.1) is 37.3 Å². The van der Waals surface area contributed by atoms with Gasteiger partial charge in [-0.05, 0) is 30.5 Å². The highest BCUT2D eigenvalue weighted by molar-refractivity contribution is 5.91. The van der Waals surface area contributed by atoms with Crippen molar-refractivity contribution in [3.63, 3.8) is 0 Å². The molecule has 3 aromatic heterocycles. The van der Waals surface area contributed by atoms with Crippen LogP contribution in [0, 0.1) is 5.92 Å². The molecule has 0 saturated carbocycles. The summed E-state index contributed by atoms with van der Waals surface area (Å²) in [7, 11) is 2.92. The number of rotatable bonds is 5. The molecule has 3 rings (SSSR count). The standard InChI is InChI=1S/C18H20N4O3/c1-11(2)9-14-17-15(7-6-13(20-17)18(23)25-4)22(21-14)12-5-8-16(24-3)19-10-12/h5-8,10-11H,9H2,1-4H3. The molecule has 0 N–H and O–H groups in total. The van der Waals surface area contributed by atoms with Crippen LogP contribution in [0.1, 0.15) is 30.0 Å². The number of carbonyl (C=O) groups excluding carboxylic acids is 1. The molecule has 0 aliphatic carbocycles. The smallest absolute Gasteiger partial charge is 0.356 e. The molecule has 130 valence electrons. The molecule has 3 heterocycles. The van der Waals surface area contributed by atoms with E-state index in [1.165, 1.54) is 7.11 Å². The maximum atomic E-state index is 11.8. The Morgan fingerprint density at radius 3 is 2.60 bits per heavy atom. The average Bonchev–Trinajstić information content (AvgIpc) is 2.98. The molecule has 0 atom stereocenters. The van der Waals surface area contributed by atoms with E-state index < -0.39 is 5.97 Å². The zero-order valence-corrected chi connectivity index (χ0v) is 14.7. The number of nitrogens with zero attached hydrogens (tertiary/aromatic N) is 4. The average molecular weight is 340 g/mol. The van der Waals surface area contributed by atoms with E-state index in [0.29, 0.717) is 17.3 Å². The molecule has 0 spiro atoms. The number of carbonyl (C=O) groups is 1. The lowest BCUT2D eigenvalue weighted by atomic mass is 10.1. The fourth-order valence-corrected chi connectivity index (χ4v) is 2.61. The number of hydrogen-bond acceptors (Lipinski definition) is 6. The van der Waals surface area contributed by atoms with Gasteiger partial charge in [-0.2, -0.15) is 5.10 Å². The van der Waals surface area contributed by atoms with E-state index in [2.05, 4.69) is 23.8 Å². The van der Waals surface area contributed by atoms with Crippen molar-refractivity contribution in [2.24, 2.45) is 5.92 Å². The quantitative estimate of drug-likeness (QED) is 0.665. The third-order valence-corrected chi connectivity index (χ3v) is 3.77. The summed E-state index contributed by atoms with van der Waals surface area (Å²) in [5.74, 6) is 0.481. The summed E-state index contributed by atoms with van der Waals surface area (Å²) < 4.78 is 11.7. The molecule has 7 nitrogen and oxygen atoms in total. The van der Waals surface area contributed by atoms with Crippen LogP contribution in [0.3, 0.4) is 0 Å². The highest BCUT2D eigenvalue weighted by Crippen LogP contribution is 2.23. The van der Waals surface area contributed by atoms with Gasteiger partial charge in [0.15, 0.2) is 0 Å². The summed E-state index contributed by atoms with van der Waals surface area (Å²) in [4.78, 5) is 20.5. The summed E-state index contributed by atoms with van der Waals surface area (Å²) in [5, 5.41) is 4.70. The lowest BCUT2D eigenvalue weighted by Crippen LogP contribution is -2.04. The van der Waals surface area contributed by atoms with E-state index in [4.69, 9.17) is 14.6 Å². The number of esters is 1. The Bertz CT molecular complexity index is 901. The molecular weight excluding hydrogens is 320 g/mol. The number of aromatic nitrogens is 4. The number of fused-ring (bicyclic) bond motifs is 1. The Morgan fingerprint density at radius 2 is 2.00 bits per heavy atom. The third-order valence-electron chi connectivity index (χ3n) is 3.77. The zero-order chi connectivity index (χ0) is 18.0. The van der Waals surface area contributed by atoms with Crippen LogP contribution in [0.5, 0.6) is 5.88 Å². The molecule has 0 aliphatic rings. The van der Waals surface area contributed by atoms with E-state index in [9.17, 15) is 4.79 Å². The summed E-state index contributed by atoms with van der Waals surface area (Å²) in [6.45, 7) is 4.23. The monoisotopic (exact) mass is 340 g/mol. The van der Waals surface area contributed by atoms with Crippen LogP contribution in [0.4, 0.5) is 0 Å². The van der Waals surface area contributed by atoms with Gasteiger partial charge in [-0.3, -0.25) is 0 Å². The second-order valence-corrected chi connectivity index (χ2v) is 6.07. The van der Waals surface area contributed by atoms with E-state index >= 15 is 0 Å². The SMILES string of the molecule is COC(=O)c1ccc2c(n1)c(CC(C)C)nn2-c1ccc(OC)nc1. The van der Waals surface area contributed by atoms with Crippen LogP contribution in [0.15, 0.2) is 30.5 Å². The topological polar surface area (TPSA) is 79.1 Å². The fraction of sp³-hybridized carbons (Fsp3) is 0.333. The van der Waals surface area contributed by atoms with Gasteiger partial charge in [0.1, 0.15) is 11.2 Å². The number of pyridine rings is 2. The third kappa shape index (κ3) is 3.31. The first-order valence-corrected chi connectivity index (χ1v) is 8.01. The molecule has 3 aromatic rings. The van der Waals surface area contributed by atoms with Crippen LogP contribution in [0.25, 0.3) is 16.7 Å². The van der Waals surface area contributed by atoms with Crippen molar-refractivity contribution >= 4 is 17.0 Å². The lowest BCUT2D eigenvalue weighted by molar-refractivity contribution is 0.0594. The van der Waals surface area contributed by atoms with Crippen molar-refractivity contribution < 1.29 is 14.3 Å². The van der Waals surface area contributed by atoms with E-state index in [1.807, 2.05) is 12.1 Å². The van der Waals surface area contributed by atoms with Gasteiger partial charge in [0.25, 0.3) is 0 Å². The molecule has 0 aliphatic heterocycles. The number of methoxy groups -OCH3 is 2. The van der Waals surface area contributed by atoms with Crippen LogP contribution in [-0.2, 0) is 11.2 Å². The molecule has 7 heteroatoms. The number of ether oxygens (including phenoxy) is 2. The van der Waals surface area contributed by atoms with Crippen molar-refractivity contribution in [3.8, 4) is 11.6 Å². The largest absolute Gasteiger partial charge is 0.481 e. The maximum absolute atomic E-state index is 11.8. The first kappa shape index (κ1) is 16.9. The second kappa shape index (κ2) is 6.88. The van der Waals surface area contributed by atoms with Crippen molar-refractivity contribution in [2.75, 3.05) is 14.2 Å². The Kier molecular flexibility index (Phi) is 4.65. The van der Waals surface area contributed by atoms with Crippen LogP contribution >= 0.6 is 0 Å². The van der Waals surface area contributed by atoms with Crippen LogP contribution in [-0.4, -0.2) is 39.9 Å². The Morgan fingerprint density at radius 1 is 1.20 bits per heavy atom. The van der Waals surface area contributed by atoms with Crippen molar-refractivity contribution in [1.82, 2.24) is 19.7 Å². The van der Waals surface area contributed by atoms with E-state index in [0.717, 1.165) is 23.3 Å². The van der Waals surface area contributed by atoms with Gasteiger partial charge in [-0.15, -0.1) is 0 Å². The minimum atomic E-state index is -0.462. The summed E-state index contributed by atoms with van der Waals surface area (Å²) in [6, 6.07) is 7.13. The van der Waals surface area contributed by atoms with Gasteiger partial charge >= 0.3 is 5.97 Å². The summed E-state index contributed by atoms with van der Waals surface area (Å²) in [6.07, 6.45) is 2.45. The second-order valence-electron chi connectivity index (χ2n) is 6.07. The molecule has 0 amide bonds. The predicted molar refractivity (Wildman–Crippen MR) is 93.1 cm³/mol. The van der Waals surface area contributed by atoms with Gasteiger partial charge in [0, 0.05) is 6.07 Å². The maximum Gasteiger partial charge on any atom is 0.356 e. The van der Waals surface area contributed by atoms with E-state index in [-0.39, 0.29) is 5.69 Å². The highest BCUT2D eigenvalue weighted by Gasteiger charge is 2.17. The fourth-order valence-electron chi connectivity index (χ4n) is 2.61. The molecule has 0 aromatic carbocycles. The van der Waals surface area contributed by atoms with Gasteiger partial charge in [-0.25, -0.2) is 19.4 Å². The van der Waals surface area contributed by atoms with E-state index in [1.54, 1.807) is 30.1 Å². The zero-order valence-electron chi connectivity index (χ0n) is 14.7.